The van der Waals surface area contributed by atoms with Crippen LogP contribution in [0.5, 0.6) is 0 Å². The van der Waals surface area contributed by atoms with Gasteiger partial charge in [0.2, 0.25) is 5.91 Å². The summed E-state index contributed by atoms with van der Waals surface area (Å²) in [6.07, 6.45) is 49.2. The Morgan fingerprint density at radius 1 is 0.586 bits per heavy atom. The zero-order valence-corrected chi connectivity index (χ0v) is 39.9. The minimum Gasteiger partial charge on any atom is -0.391 e. The molecule has 3 N–H and O–H groups in total. The first kappa shape index (κ1) is 57.0. The number of nitrogens with zero attached hydrogens (tertiary/aromatic N) is 1. The summed E-state index contributed by atoms with van der Waals surface area (Å²) in [7, 11) is 1.61. The summed E-state index contributed by atoms with van der Waals surface area (Å²) in [5.74, 6) is -0.156. The van der Waals surface area contributed by atoms with Gasteiger partial charge in [-0.25, -0.2) is 4.57 Å². The Labute approximate surface area is 360 Å². The number of quaternary nitrogens is 1. The van der Waals surface area contributed by atoms with Gasteiger partial charge in [-0.1, -0.05) is 205 Å². The number of carbonyl (C=O) groups excluding carboxylic acids is 1. The summed E-state index contributed by atoms with van der Waals surface area (Å²) in [6.45, 7) is 4.88. The first-order chi connectivity index (χ1) is 28.0. The molecule has 1 amide bonds. The third kappa shape index (κ3) is 43.1. The van der Waals surface area contributed by atoms with E-state index in [1.807, 2.05) is 21.1 Å². The molecule has 3 unspecified atom stereocenters. The molecule has 344 valence electrons. The highest BCUT2D eigenvalue weighted by atomic mass is 31.2. The van der Waals surface area contributed by atoms with Crippen molar-refractivity contribution in [3.05, 3.63) is 24.3 Å². The second kappa shape index (κ2) is 41.3. The van der Waals surface area contributed by atoms with Gasteiger partial charge in [0.1, 0.15) is 13.2 Å². The van der Waals surface area contributed by atoms with Gasteiger partial charge in [-0.2, -0.15) is 0 Å². The predicted octanol–water partition coefficient (Wildman–Crippen LogP) is 14.1. The van der Waals surface area contributed by atoms with Gasteiger partial charge in [0, 0.05) is 6.42 Å². The van der Waals surface area contributed by atoms with E-state index in [1.54, 1.807) is 0 Å². The Kier molecular flexibility index (Phi) is 40.6. The topological polar surface area (TPSA) is 105 Å². The fraction of sp³-hybridized carbons (Fsp3) is 0.898. The Morgan fingerprint density at radius 3 is 1.43 bits per heavy atom. The van der Waals surface area contributed by atoms with E-state index in [4.69, 9.17) is 9.05 Å². The molecule has 0 saturated heterocycles. The number of phosphoric ester groups is 1. The summed E-state index contributed by atoms with van der Waals surface area (Å²) in [5, 5.41) is 14.0. The van der Waals surface area contributed by atoms with Crippen molar-refractivity contribution in [2.45, 2.75) is 244 Å². The lowest BCUT2D eigenvalue weighted by Crippen LogP contribution is -2.46. The monoisotopic (exact) mass is 842 g/mol. The number of likely N-dealkylation sites (N-methyl/N-ethyl adjacent to an activating group) is 1. The molecule has 0 radical (unpaired) electrons. The van der Waals surface area contributed by atoms with Crippen molar-refractivity contribution in [2.24, 2.45) is 0 Å². The van der Waals surface area contributed by atoms with E-state index >= 15 is 0 Å². The van der Waals surface area contributed by atoms with Crippen LogP contribution in [0, 0.1) is 0 Å². The second-order valence-corrected chi connectivity index (χ2v) is 19.6. The van der Waals surface area contributed by atoms with E-state index in [1.165, 1.54) is 141 Å². The van der Waals surface area contributed by atoms with Crippen molar-refractivity contribution in [3.63, 3.8) is 0 Å². The molecule has 0 bridgehead atoms. The van der Waals surface area contributed by atoms with E-state index in [9.17, 15) is 19.4 Å². The number of nitrogens with one attached hydrogen (secondary N) is 1. The molecule has 9 heteroatoms. The van der Waals surface area contributed by atoms with Crippen LogP contribution in [0.25, 0.3) is 0 Å². The van der Waals surface area contributed by atoms with E-state index in [0.717, 1.165) is 64.2 Å². The molecular formula is C49H98N2O6P+. The minimum atomic E-state index is -4.32. The fourth-order valence-electron chi connectivity index (χ4n) is 7.25. The van der Waals surface area contributed by atoms with Gasteiger partial charge in [0.15, 0.2) is 0 Å². The molecule has 0 saturated carbocycles. The lowest BCUT2D eigenvalue weighted by atomic mass is 10.0. The normalized spacial score (nSPS) is 14.4. The largest absolute Gasteiger partial charge is 0.472 e. The molecule has 8 nitrogen and oxygen atoms in total. The lowest BCUT2D eigenvalue weighted by Gasteiger charge is -2.26. The first-order valence-electron chi connectivity index (χ1n) is 24.7. The van der Waals surface area contributed by atoms with E-state index in [-0.39, 0.29) is 19.1 Å². The maximum atomic E-state index is 12.9. The number of unbranched alkanes of at least 4 members (excludes halogenated alkanes) is 28. The van der Waals surface area contributed by atoms with E-state index in [0.29, 0.717) is 23.9 Å². The number of aliphatic hydroxyl groups excluding tert-OH is 1. The second-order valence-electron chi connectivity index (χ2n) is 18.2. The van der Waals surface area contributed by atoms with E-state index < -0.39 is 20.0 Å². The molecular weight excluding hydrogens is 744 g/mol. The van der Waals surface area contributed by atoms with Crippen LogP contribution >= 0.6 is 7.82 Å². The zero-order valence-electron chi connectivity index (χ0n) is 39.0. The van der Waals surface area contributed by atoms with Crippen LogP contribution in [0.1, 0.15) is 232 Å². The molecule has 0 spiro atoms. The summed E-state index contributed by atoms with van der Waals surface area (Å²) in [5.41, 5.74) is 0. The van der Waals surface area contributed by atoms with Gasteiger partial charge >= 0.3 is 7.82 Å². The number of hydrogen-bond acceptors (Lipinski definition) is 5. The number of hydrogen-bond donors (Lipinski definition) is 3. The highest BCUT2D eigenvalue weighted by molar-refractivity contribution is 7.47. The summed E-state index contributed by atoms with van der Waals surface area (Å²) >= 11 is 0. The molecule has 3 atom stereocenters. The summed E-state index contributed by atoms with van der Waals surface area (Å²) < 4.78 is 23.7. The summed E-state index contributed by atoms with van der Waals surface area (Å²) in [6, 6.07) is -0.766. The third-order valence-electron chi connectivity index (χ3n) is 11.2. The number of phosphoric acid groups is 1. The smallest absolute Gasteiger partial charge is 0.391 e. The average molecular weight is 842 g/mol. The summed E-state index contributed by atoms with van der Waals surface area (Å²) in [4.78, 5) is 23.2. The van der Waals surface area contributed by atoms with Gasteiger partial charge in [0.05, 0.1) is 39.9 Å². The first-order valence-corrected chi connectivity index (χ1v) is 26.2. The quantitative estimate of drug-likeness (QED) is 0.0244. The van der Waals surface area contributed by atoms with Gasteiger partial charge in [-0.3, -0.25) is 13.8 Å². The van der Waals surface area contributed by atoms with Gasteiger partial charge < -0.3 is 19.8 Å². The number of aliphatic hydroxyl groups is 1. The molecule has 0 fully saturated rings. The molecule has 58 heavy (non-hydrogen) atoms. The Morgan fingerprint density at radius 2 is 0.983 bits per heavy atom. The van der Waals surface area contributed by atoms with Crippen molar-refractivity contribution in [1.29, 1.82) is 0 Å². The van der Waals surface area contributed by atoms with E-state index in [2.05, 4.69) is 43.5 Å². The fourth-order valence-corrected chi connectivity index (χ4v) is 7.99. The molecule has 0 heterocycles. The SMILES string of the molecule is CCCCCC/C=C\C/C=C\CCCCCCCC(=O)NC(COP(=O)(O)OCC[N+](C)(C)C)C(O)CCCCCCCCCCCCCCCCCCCCCC. The number of rotatable bonds is 45. The molecule has 0 aliphatic carbocycles. The van der Waals surface area contributed by atoms with Crippen molar-refractivity contribution in [3.8, 4) is 0 Å². The molecule has 0 aliphatic rings. The molecule has 0 aromatic heterocycles. The third-order valence-corrected chi connectivity index (χ3v) is 12.2. The Bertz CT molecular complexity index is 1000. The van der Waals surface area contributed by atoms with Gasteiger partial charge in [-0.05, 0) is 44.9 Å². The number of allylic oxidation sites excluding steroid dienone is 4. The maximum absolute atomic E-state index is 12.9. The number of carbonyl (C=O) groups is 1. The van der Waals surface area contributed by atoms with Crippen LogP contribution in [-0.2, 0) is 18.4 Å². The van der Waals surface area contributed by atoms with Crippen molar-refractivity contribution >= 4 is 13.7 Å². The van der Waals surface area contributed by atoms with Crippen LogP contribution in [0.4, 0.5) is 0 Å². The molecule has 0 aromatic rings. The Hall–Kier alpha value is -1.02. The maximum Gasteiger partial charge on any atom is 0.472 e. The van der Waals surface area contributed by atoms with Crippen molar-refractivity contribution in [1.82, 2.24) is 5.32 Å². The molecule has 0 aliphatic heterocycles. The van der Waals surface area contributed by atoms with Gasteiger partial charge in [-0.15, -0.1) is 0 Å². The van der Waals surface area contributed by atoms with Crippen LogP contribution in [0.15, 0.2) is 24.3 Å². The Balaban J connectivity index is 4.30. The van der Waals surface area contributed by atoms with Crippen LogP contribution in [0.2, 0.25) is 0 Å². The number of amides is 1. The highest BCUT2D eigenvalue weighted by Gasteiger charge is 2.28. The van der Waals surface area contributed by atoms with Crippen LogP contribution in [-0.4, -0.2) is 73.4 Å². The van der Waals surface area contributed by atoms with Crippen LogP contribution in [0.3, 0.4) is 0 Å². The van der Waals surface area contributed by atoms with Gasteiger partial charge in [0.25, 0.3) is 0 Å². The standard InChI is InChI=1S/C49H97N2O6P/c1-6-8-10-12-14-16-18-20-22-24-25-26-27-28-30-32-34-36-38-40-42-48(52)47(46-57-58(54,55)56-45-44-51(3,4)5)50-49(53)43-41-39-37-35-33-31-29-23-21-19-17-15-13-11-9-7-2/h17,19,23,29,47-48,52H,6-16,18,20-22,24-28,30-46H2,1-5H3,(H-,50,53,54,55)/p+1/b19-17-,29-23-. The molecule has 0 rings (SSSR count). The molecule has 0 aromatic carbocycles. The average Bonchev–Trinajstić information content (AvgIpc) is 3.17. The minimum absolute atomic E-state index is 0.0726. The van der Waals surface area contributed by atoms with Crippen LogP contribution < -0.4 is 5.32 Å². The zero-order chi connectivity index (χ0) is 42.8. The van der Waals surface area contributed by atoms with Crippen molar-refractivity contribution < 1.29 is 32.9 Å². The van der Waals surface area contributed by atoms with Crippen molar-refractivity contribution in [2.75, 3.05) is 40.9 Å². The lowest BCUT2D eigenvalue weighted by molar-refractivity contribution is -0.870. The predicted molar refractivity (Wildman–Crippen MR) is 249 cm³/mol. The highest BCUT2D eigenvalue weighted by Crippen LogP contribution is 2.43.